The highest BCUT2D eigenvalue weighted by atomic mass is 14.9. The molecular weight excluding hydrogens is 256 g/mol. The first-order chi connectivity index (χ1) is 9.90. The number of aliphatic imine (C=N–C) groups is 1. The van der Waals surface area contributed by atoms with Crippen molar-refractivity contribution in [1.82, 2.24) is 0 Å². The number of nitrogens with two attached hydrogens (primary N) is 1. The average Bonchev–Trinajstić information content (AvgIpc) is 2.46. The Hall–Kier alpha value is -1.57. The zero-order valence-corrected chi connectivity index (χ0v) is 14.2. The maximum Gasteiger partial charge on any atom is 0.0909 e. The molecule has 0 bridgehead atoms. The van der Waals surface area contributed by atoms with Gasteiger partial charge in [0.15, 0.2) is 0 Å². The lowest BCUT2D eigenvalue weighted by atomic mass is 9.82. The van der Waals surface area contributed by atoms with Crippen LogP contribution in [0, 0.1) is 0 Å². The summed E-state index contributed by atoms with van der Waals surface area (Å²) in [5, 5.41) is 0. The highest BCUT2D eigenvalue weighted by molar-refractivity contribution is 5.77. The monoisotopic (exact) mass is 286 g/mol. The number of amidine groups is 1. The lowest BCUT2D eigenvalue weighted by molar-refractivity contribution is 0.562. The smallest absolute Gasteiger partial charge is 0.0909 e. The Balaban J connectivity index is 3.18. The molecule has 2 nitrogen and oxygen atoms in total. The fraction of sp³-hybridized carbons (Fsp3) is 0.526. The Morgan fingerprint density at radius 1 is 1.14 bits per heavy atom. The Morgan fingerprint density at radius 3 is 2.05 bits per heavy atom. The first-order valence-electron chi connectivity index (χ1n) is 7.98. The second-order valence-corrected chi connectivity index (χ2v) is 6.06. The molecule has 0 aromatic heterocycles. The van der Waals surface area contributed by atoms with E-state index in [0.29, 0.717) is 11.8 Å². The van der Waals surface area contributed by atoms with Gasteiger partial charge in [0.2, 0.25) is 0 Å². The molecule has 1 aromatic carbocycles. The molecule has 2 atom stereocenters. The van der Waals surface area contributed by atoms with Crippen LogP contribution in [0.4, 0.5) is 0 Å². The van der Waals surface area contributed by atoms with Gasteiger partial charge in [-0.2, -0.15) is 0 Å². The maximum atomic E-state index is 5.81. The van der Waals surface area contributed by atoms with E-state index in [1.54, 1.807) is 0 Å². The van der Waals surface area contributed by atoms with Crippen molar-refractivity contribution in [2.45, 2.75) is 65.3 Å². The van der Waals surface area contributed by atoms with Crippen LogP contribution in [0.15, 0.2) is 41.4 Å². The molecule has 0 fully saturated rings. The highest BCUT2D eigenvalue weighted by Gasteiger charge is 2.23. The largest absolute Gasteiger partial charge is 0.388 e. The van der Waals surface area contributed by atoms with Crippen LogP contribution in [0.1, 0.15) is 70.4 Å². The van der Waals surface area contributed by atoms with E-state index in [4.69, 9.17) is 5.73 Å². The fourth-order valence-electron chi connectivity index (χ4n) is 2.70. The summed E-state index contributed by atoms with van der Waals surface area (Å²) in [7, 11) is 0. The third-order valence-electron chi connectivity index (χ3n) is 4.03. The first-order valence-corrected chi connectivity index (χ1v) is 7.98. The standard InChI is InChI=1S/C19H30N2/c1-7-14(5)19(18(8-2)21-15(6)20)17-11-9-16(10-12-17)13(3)4/h9-13,18-19H,5,7-8H2,1-4,6H3,(H2,20,21). The molecule has 1 rings (SSSR count). The molecule has 0 spiro atoms. The summed E-state index contributed by atoms with van der Waals surface area (Å²) >= 11 is 0. The van der Waals surface area contributed by atoms with Crippen molar-refractivity contribution in [3.05, 3.63) is 47.5 Å². The van der Waals surface area contributed by atoms with Gasteiger partial charge in [-0.3, -0.25) is 4.99 Å². The molecule has 0 aliphatic heterocycles. The van der Waals surface area contributed by atoms with E-state index in [1.165, 1.54) is 16.7 Å². The number of hydrogen-bond acceptors (Lipinski definition) is 1. The van der Waals surface area contributed by atoms with Crippen LogP contribution in [-0.2, 0) is 0 Å². The molecule has 2 N–H and O–H groups in total. The summed E-state index contributed by atoms with van der Waals surface area (Å²) in [5.41, 5.74) is 9.70. The third-order valence-corrected chi connectivity index (χ3v) is 4.03. The zero-order chi connectivity index (χ0) is 16.0. The summed E-state index contributed by atoms with van der Waals surface area (Å²) in [6.45, 7) is 14.9. The van der Waals surface area contributed by atoms with Gasteiger partial charge in [0.05, 0.1) is 11.9 Å². The van der Waals surface area contributed by atoms with Gasteiger partial charge in [0.25, 0.3) is 0 Å². The number of nitrogens with zero attached hydrogens (tertiary/aromatic N) is 1. The highest BCUT2D eigenvalue weighted by Crippen LogP contribution is 2.33. The Labute approximate surface area is 130 Å². The second kappa shape index (κ2) is 8.02. The summed E-state index contributed by atoms with van der Waals surface area (Å²) in [6.07, 6.45) is 1.93. The molecule has 0 saturated heterocycles. The minimum Gasteiger partial charge on any atom is -0.388 e. The number of rotatable bonds is 7. The molecule has 0 heterocycles. The van der Waals surface area contributed by atoms with Gasteiger partial charge in [0, 0.05) is 5.92 Å². The summed E-state index contributed by atoms with van der Waals surface area (Å²) < 4.78 is 0. The van der Waals surface area contributed by atoms with Crippen molar-refractivity contribution in [2.24, 2.45) is 10.7 Å². The van der Waals surface area contributed by atoms with Crippen molar-refractivity contribution >= 4 is 5.84 Å². The molecule has 0 aliphatic rings. The van der Waals surface area contributed by atoms with Crippen LogP contribution in [0.5, 0.6) is 0 Å². The van der Waals surface area contributed by atoms with Gasteiger partial charge in [-0.05, 0) is 36.8 Å². The quantitative estimate of drug-likeness (QED) is 0.427. The van der Waals surface area contributed by atoms with Crippen molar-refractivity contribution in [3.8, 4) is 0 Å². The second-order valence-electron chi connectivity index (χ2n) is 6.06. The predicted molar refractivity (Wildman–Crippen MR) is 94.1 cm³/mol. The number of hydrogen-bond donors (Lipinski definition) is 1. The van der Waals surface area contributed by atoms with Crippen LogP contribution in [0.25, 0.3) is 0 Å². The topological polar surface area (TPSA) is 38.4 Å². The molecule has 21 heavy (non-hydrogen) atoms. The van der Waals surface area contributed by atoms with Crippen LogP contribution < -0.4 is 5.73 Å². The van der Waals surface area contributed by atoms with E-state index in [0.717, 1.165) is 12.8 Å². The third kappa shape index (κ3) is 4.73. The Bertz CT molecular complexity index is 479. The summed E-state index contributed by atoms with van der Waals surface area (Å²) in [4.78, 5) is 4.63. The molecule has 116 valence electrons. The van der Waals surface area contributed by atoms with Crippen molar-refractivity contribution in [1.29, 1.82) is 0 Å². The summed E-state index contributed by atoms with van der Waals surface area (Å²) in [5.74, 6) is 1.45. The zero-order valence-electron chi connectivity index (χ0n) is 14.2. The average molecular weight is 286 g/mol. The maximum absolute atomic E-state index is 5.81. The fourth-order valence-corrected chi connectivity index (χ4v) is 2.70. The lowest BCUT2D eigenvalue weighted by Crippen LogP contribution is -2.21. The molecule has 2 unspecified atom stereocenters. The lowest BCUT2D eigenvalue weighted by Gasteiger charge is -2.26. The van der Waals surface area contributed by atoms with Crippen molar-refractivity contribution < 1.29 is 0 Å². The van der Waals surface area contributed by atoms with Gasteiger partial charge in [0.1, 0.15) is 0 Å². The van der Waals surface area contributed by atoms with Gasteiger partial charge in [-0.1, -0.05) is 64.1 Å². The predicted octanol–water partition coefficient (Wildman–Crippen LogP) is 5.02. The van der Waals surface area contributed by atoms with Crippen LogP contribution in [0.3, 0.4) is 0 Å². The molecule has 0 saturated carbocycles. The van der Waals surface area contributed by atoms with E-state index in [9.17, 15) is 0 Å². The normalized spacial score (nSPS) is 15.0. The van der Waals surface area contributed by atoms with E-state index in [-0.39, 0.29) is 12.0 Å². The first kappa shape index (κ1) is 17.5. The van der Waals surface area contributed by atoms with Crippen LogP contribution >= 0.6 is 0 Å². The van der Waals surface area contributed by atoms with Crippen molar-refractivity contribution in [2.75, 3.05) is 0 Å². The van der Waals surface area contributed by atoms with Crippen LogP contribution in [-0.4, -0.2) is 11.9 Å². The van der Waals surface area contributed by atoms with E-state index in [1.807, 2.05) is 6.92 Å². The van der Waals surface area contributed by atoms with E-state index < -0.39 is 0 Å². The molecular formula is C19H30N2. The Morgan fingerprint density at radius 2 is 1.67 bits per heavy atom. The SMILES string of the molecule is C=C(CC)C(c1ccc(C(C)C)cc1)C(CC)N=C(C)N. The van der Waals surface area contributed by atoms with Gasteiger partial charge in [-0.15, -0.1) is 0 Å². The molecule has 0 amide bonds. The Kier molecular flexibility index (Phi) is 6.67. The minimum atomic E-state index is 0.173. The summed E-state index contributed by atoms with van der Waals surface area (Å²) in [6, 6.07) is 9.08. The van der Waals surface area contributed by atoms with E-state index in [2.05, 4.69) is 63.5 Å². The van der Waals surface area contributed by atoms with E-state index >= 15 is 0 Å². The van der Waals surface area contributed by atoms with Crippen LogP contribution in [0.2, 0.25) is 0 Å². The minimum absolute atomic E-state index is 0.173. The van der Waals surface area contributed by atoms with Crippen molar-refractivity contribution in [3.63, 3.8) is 0 Å². The van der Waals surface area contributed by atoms with Gasteiger partial charge in [-0.25, -0.2) is 0 Å². The van der Waals surface area contributed by atoms with Gasteiger partial charge < -0.3 is 5.73 Å². The molecule has 2 heteroatoms. The molecule has 0 aliphatic carbocycles. The molecule has 1 aromatic rings. The van der Waals surface area contributed by atoms with Gasteiger partial charge >= 0.3 is 0 Å². The number of benzene rings is 1. The molecule has 0 radical (unpaired) electrons.